The Morgan fingerprint density at radius 1 is 0.968 bits per heavy atom. The number of nitrogens with one attached hydrogen (secondary N) is 1. The number of thioether (sulfide) groups is 1. The van der Waals surface area contributed by atoms with E-state index in [9.17, 15) is 13.2 Å². The van der Waals surface area contributed by atoms with E-state index in [4.69, 9.17) is 11.6 Å². The first kappa shape index (κ1) is 22.1. The smallest absolute Gasteiger partial charge is 0.243 e. The van der Waals surface area contributed by atoms with Gasteiger partial charge in [0, 0.05) is 18.0 Å². The van der Waals surface area contributed by atoms with Crippen LogP contribution >= 0.6 is 23.4 Å². The Morgan fingerprint density at radius 3 is 2.48 bits per heavy atom. The van der Waals surface area contributed by atoms with Crippen molar-refractivity contribution in [2.24, 2.45) is 0 Å². The number of anilines is 1. The SMILES string of the molecule is O=C(CSc1ccc2ccccc2c1)Nc1cc(S(=O)(=O)N2CCCCC2)ccc1Cl. The van der Waals surface area contributed by atoms with Gasteiger partial charge in [0.25, 0.3) is 0 Å². The molecule has 1 fully saturated rings. The van der Waals surface area contributed by atoms with Crippen LogP contribution in [0.2, 0.25) is 5.02 Å². The summed E-state index contributed by atoms with van der Waals surface area (Å²) in [6.07, 6.45) is 2.77. The lowest BCUT2D eigenvalue weighted by Crippen LogP contribution is -2.35. The molecule has 1 N–H and O–H groups in total. The number of carbonyl (C=O) groups is 1. The van der Waals surface area contributed by atoms with E-state index in [1.165, 1.54) is 34.3 Å². The Balaban J connectivity index is 1.44. The maximum absolute atomic E-state index is 12.9. The number of sulfonamides is 1. The highest BCUT2D eigenvalue weighted by atomic mass is 35.5. The van der Waals surface area contributed by atoms with Crippen molar-refractivity contribution in [2.45, 2.75) is 29.1 Å². The number of nitrogens with zero attached hydrogens (tertiary/aromatic N) is 1. The highest BCUT2D eigenvalue weighted by Crippen LogP contribution is 2.29. The third kappa shape index (κ3) is 5.23. The predicted octanol–water partition coefficient (Wildman–Crippen LogP) is 5.40. The molecule has 0 unspecified atom stereocenters. The third-order valence-corrected chi connectivity index (χ3v) is 8.47. The number of hydrogen-bond acceptors (Lipinski definition) is 4. The van der Waals surface area contributed by atoms with Crippen molar-refractivity contribution < 1.29 is 13.2 Å². The molecule has 8 heteroatoms. The summed E-state index contributed by atoms with van der Waals surface area (Å²) in [5.74, 6) is -0.0507. The minimum atomic E-state index is -3.59. The summed E-state index contributed by atoms with van der Waals surface area (Å²) in [5, 5.41) is 5.33. The zero-order chi connectivity index (χ0) is 21.8. The molecule has 0 radical (unpaired) electrons. The molecule has 0 aliphatic carbocycles. The summed E-state index contributed by atoms with van der Waals surface area (Å²) in [6, 6.07) is 18.6. The summed E-state index contributed by atoms with van der Waals surface area (Å²) < 4.78 is 27.3. The molecule has 0 aromatic heterocycles. The van der Waals surface area contributed by atoms with Gasteiger partial charge in [-0.2, -0.15) is 4.31 Å². The number of benzene rings is 3. The Kier molecular flexibility index (Phi) is 6.86. The Morgan fingerprint density at radius 2 is 1.71 bits per heavy atom. The number of rotatable bonds is 6. The van der Waals surface area contributed by atoms with E-state index >= 15 is 0 Å². The van der Waals surface area contributed by atoms with Crippen LogP contribution in [0.15, 0.2) is 70.5 Å². The summed E-state index contributed by atoms with van der Waals surface area (Å²) in [4.78, 5) is 13.7. The highest BCUT2D eigenvalue weighted by molar-refractivity contribution is 8.00. The second-order valence-electron chi connectivity index (χ2n) is 7.45. The van der Waals surface area contributed by atoms with Gasteiger partial charge in [-0.1, -0.05) is 48.4 Å². The fraction of sp³-hybridized carbons (Fsp3) is 0.261. The number of piperidine rings is 1. The predicted molar refractivity (Wildman–Crippen MR) is 127 cm³/mol. The van der Waals surface area contributed by atoms with Gasteiger partial charge in [0.15, 0.2) is 0 Å². The molecule has 1 aliphatic rings. The molecular formula is C23H23ClN2O3S2. The van der Waals surface area contributed by atoms with E-state index < -0.39 is 10.0 Å². The number of hydrogen-bond donors (Lipinski definition) is 1. The third-order valence-electron chi connectivity index (χ3n) is 5.26. The zero-order valence-corrected chi connectivity index (χ0v) is 19.3. The van der Waals surface area contributed by atoms with E-state index in [-0.39, 0.29) is 16.6 Å². The van der Waals surface area contributed by atoms with Gasteiger partial charge in [0.05, 0.1) is 21.4 Å². The van der Waals surface area contributed by atoms with Crippen LogP contribution in [0.25, 0.3) is 10.8 Å². The van der Waals surface area contributed by atoms with Gasteiger partial charge in [-0.05, 0) is 53.9 Å². The van der Waals surface area contributed by atoms with E-state index in [0.29, 0.717) is 23.8 Å². The zero-order valence-electron chi connectivity index (χ0n) is 16.9. The van der Waals surface area contributed by atoms with Crippen molar-refractivity contribution in [1.29, 1.82) is 0 Å². The van der Waals surface area contributed by atoms with Crippen molar-refractivity contribution in [2.75, 3.05) is 24.2 Å². The summed E-state index contributed by atoms with van der Waals surface area (Å²) in [7, 11) is -3.59. The summed E-state index contributed by atoms with van der Waals surface area (Å²) in [5.41, 5.74) is 0.309. The van der Waals surface area contributed by atoms with Gasteiger partial charge in [-0.3, -0.25) is 4.79 Å². The molecule has 1 heterocycles. The molecule has 0 atom stereocenters. The average molecular weight is 475 g/mol. The molecule has 4 rings (SSSR count). The van der Waals surface area contributed by atoms with Crippen LogP contribution in [0.4, 0.5) is 5.69 Å². The summed E-state index contributed by atoms with van der Waals surface area (Å²) >= 11 is 7.65. The van der Waals surface area contributed by atoms with Crippen molar-refractivity contribution >= 4 is 55.8 Å². The van der Waals surface area contributed by atoms with Crippen molar-refractivity contribution in [3.8, 4) is 0 Å². The second-order valence-corrected chi connectivity index (χ2v) is 10.8. The van der Waals surface area contributed by atoms with Crippen LogP contribution in [0.3, 0.4) is 0 Å². The molecule has 0 bridgehead atoms. The second kappa shape index (κ2) is 9.61. The molecule has 3 aromatic carbocycles. The van der Waals surface area contributed by atoms with Gasteiger partial charge < -0.3 is 5.32 Å². The van der Waals surface area contributed by atoms with E-state index in [0.717, 1.165) is 34.9 Å². The minimum absolute atomic E-state index is 0.149. The first-order valence-electron chi connectivity index (χ1n) is 10.1. The fourth-order valence-corrected chi connectivity index (χ4v) is 6.06. The van der Waals surface area contributed by atoms with Gasteiger partial charge >= 0.3 is 0 Å². The fourth-order valence-electron chi connectivity index (χ4n) is 3.61. The van der Waals surface area contributed by atoms with Crippen molar-refractivity contribution in [3.63, 3.8) is 0 Å². The topological polar surface area (TPSA) is 66.5 Å². The molecule has 1 saturated heterocycles. The van der Waals surface area contributed by atoms with E-state index in [1.807, 2.05) is 42.5 Å². The monoisotopic (exact) mass is 474 g/mol. The van der Waals surface area contributed by atoms with Gasteiger partial charge in [0.1, 0.15) is 0 Å². The van der Waals surface area contributed by atoms with Crippen LogP contribution in [-0.2, 0) is 14.8 Å². The van der Waals surface area contributed by atoms with Crippen LogP contribution in [0, 0.1) is 0 Å². The van der Waals surface area contributed by atoms with Crippen LogP contribution in [-0.4, -0.2) is 37.5 Å². The lowest BCUT2D eigenvalue weighted by Gasteiger charge is -2.26. The molecule has 5 nitrogen and oxygen atoms in total. The Hall–Kier alpha value is -2.06. The lowest BCUT2D eigenvalue weighted by atomic mass is 10.1. The molecule has 0 spiro atoms. The standard InChI is InChI=1S/C23H23ClN2O3S2/c24-21-11-10-20(31(28,29)26-12-4-1-5-13-26)15-22(21)25-23(27)16-30-19-9-8-17-6-2-3-7-18(17)14-19/h2-3,6-11,14-15H,1,4-5,12-13,16H2,(H,25,27). The first-order chi connectivity index (χ1) is 14.9. The van der Waals surface area contributed by atoms with Crippen molar-refractivity contribution in [1.82, 2.24) is 4.31 Å². The van der Waals surface area contributed by atoms with Gasteiger partial charge in [-0.25, -0.2) is 8.42 Å². The molecule has 31 heavy (non-hydrogen) atoms. The normalized spacial score (nSPS) is 15.1. The largest absolute Gasteiger partial charge is 0.324 e. The molecule has 162 valence electrons. The average Bonchev–Trinajstić information content (AvgIpc) is 2.79. The van der Waals surface area contributed by atoms with Gasteiger partial charge in [0.2, 0.25) is 15.9 Å². The van der Waals surface area contributed by atoms with Crippen LogP contribution in [0.5, 0.6) is 0 Å². The summed E-state index contributed by atoms with van der Waals surface area (Å²) in [6.45, 7) is 1.05. The number of halogens is 1. The molecular weight excluding hydrogens is 452 g/mol. The van der Waals surface area contributed by atoms with Crippen LogP contribution < -0.4 is 5.32 Å². The van der Waals surface area contributed by atoms with Crippen molar-refractivity contribution in [3.05, 3.63) is 65.7 Å². The highest BCUT2D eigenvalue weighted by Gasteiger charge is 2.26. The molecule has 3 aromatic rings. The molecule has 1 amide bonds. The minimum Gasteiger partial charge on any atom is -0.324 e. The van der Waals surface area contributed by atoms with Gasteiger partial charge in [-0.15, -0.1) is 11.8 Å². The Labute approximate surface area is 191 Å². The molecule has 0 saturated carbocycles. The van der Waals surface area contributed by atoms with E-state index in [1.54, 1.807) is 0 Å². The Bertz CT molecular complexity index is 1210. The number of amides is 1. The molecule has 1 aliphatic heterocycles. The van der Waals surface area contributed by atoms with E-state index in [2.05, 4.69) is 5.32 Å². The number of fused-ring (bicyclic) bond motifs is 1. The first-order valence-corrected chi connectivity index (χ1v) is 12.9. The quantitative estimate of drug-likeness (QED) is 0.486. The van der Waals surface area contributed by atoms with Crippen LogP contribution in [0.1, 0.15) is 19.3 Å². The maximum atomic E-state index is 12.9. The number of carbonyl (C=O) groups excluding carboxylic acids is 1. The lowest BCUT2D eigenvalue weighted by molar-refractivity contribution is -0.113. The maximum Gasteiger partial charge on any atom is 0.243 e.